The molecule has 3 nitrogen and oxygen atoms in total. The van der Waals surface area contributed by atoms with E-state index in [1.165, 1.54) is 5.56 Å². The molecule has 0 amide bonds. The minimum absolute atomic E-state index is 0.0502. The number of nitrogens with zero attached hydrogens (tertiary/aromatic N) is 1. The van der Waals surface area contributed by atoms with E-state index in [-0.39, 0.29) is 6.10 Å². The number of benzene rings is 1. The quantitative estimate of drug-likeness (QED) is 0.875. The summed E-state index contributed by atoms with van der Waals surface area (Å²) in [6.45, 7) is 2.04. The number of aromatic nitrogens is 1. The minimum atomic E-state index is 0.0502. The number of pyridine rings is 1. The normalized spacial score (nSPS) is 19.8. The van der Waals surface area contributed by atoms with Crippen molar-refractivity contribution in [2.45, 2.75) is 12.5 Å². The van der Waals surface area contributed by atoms with Gasteiger partial charge in [-0.3, -0.25) is 0 Å². The molecular weight excluding hydrogens is 272 g/mol. The molecular formula is C16H17ClN2O. The predicted octanol–water partition coefficient (Wildman–Crippen LogP) is 3.46. The number of rotatable bonds is 4. The topological polar surface area (TPSA) is 34.1 Å². The maximum Gasteiger partial charge on any atom is 0.138 e. The Labute approximate surface area is 123 Å². The van der Waals surface area contributed by atoms with Crippen molar-refractivity contribution in [3.63, 3.8) is 0 Å². The van der Waals surface area contributed by atoms with Crippen LogP contribution in [0.25, 0.3) is 0 Å². The predicted molar refractivity (Wildman–Crippen MR) is 80.0 cm³/mol. The first-order chi connectivity index (χ1) is 9.83. The molecule has 1 unspecified atom stereocenters. The van der Waals surface area contributed by atoms with Crippen molar-refractivity contribution in [3.8, 4) is 5.75 Å². The van der Waals surface area contributed by atoms with E-state index < -0.39 is 0 Å². The molecule has 1 aliphatic heterocycles. The second kappa shape index (κ2) is 6.25. The molecule has 0 bridgehead atoms. The van der Waals surface area contributed by atoms with Crippen LogP contribution in [0, 0.1) is 5.92 Å². The number of ether oxygens (including phenoxy) is 1. The van der Waals surface area contributed by atoms with Crippen molar-refractivity contribution in [1.29, 1.82) is 0 Å². The third kappa shape index (κ3) is 3.11. The molecule has 1 aromatic carbocycles. The van der Waals surface area contributed by atoms with Gasteiger partial charge in [0.1, 0.15) is 17.0 Å². The molecule has 2 aromatic rings. The summed E-state index contributed by atoms with van der Waals surface area (Å²) in [7, 11) is 0. The first kappa shape index (κ1) is 13.4. The molecule has 104 valence electrons. The maximum absolute atomic E-state index is 6.18. The molecule has 0 saturated carbocycles. The van der Waals surface area contributed by atoms with Crippen LogP contribution < -0.4 is 10.1 Å². The van der Waals surface area contributed by atoms with Gasteiger partial charge in [-0.25, -0.2) is 4.98 Å². The molecule has 1 N–H and O–H groups in total. The van der Waals surface area contributed by atoms with Crippen molar-refractivity contribution in [2.24, 2.45) is 5.92 Å². The Hall–Kier alpha value is -1.58. The molecule has 1 saturated heterocycles. The number of halogens is 1. The third-order valence-corrected chi connectivity index (χ3v) is 3.84. The standard InChI is InChI=1S/C16H17ClN2O/c17-15-7-6-14(11-19-15)20-16(13-8-9-18-10-13)12-4-2-1-3-5-12/h1-7,11,13,16,18H,8-10H2/t13-,16?/m1/s1. The van der Waals surface area contributed by atoms with E-state index in [0.29, 0.717) is 11.1 Å². The summed E-state index contributed by atoms with van der Waals surface area (Å²) >= 11 is 5.82. The van der Waals surface area contributed by atoms with E-state index in [9.17, 15) is 0 Å². The highest BCUT2D eigenvalue weighted by molar-refractivity contribution is 6.29. The monoisotopic (exact) mass is 288 g/mol. The summed E-state index contributed by atoms with van der Waals surface area (Å²) in [6, 6.07) is 14.0. The Morgan fingerprint density at radius 2 is 2.05 bits per heavy atom. The zero-order chi connectivity index (χ0) is 13.8. The van der Waals surface area contributed by atoms with E-state index in [1.54, 1.807) is 12.3 Å². The maximum atomic E-state index is 6.18. The largest absolute Gasteiger partial charge is 0.484 e. The van der Waals surface area contributed by atoms with Crippen molar-refractivity contribution in [3.05, 3.63) is 59.4 Å². The van der Waals surface area contributed by atoms with Crippen molar-refractivity contribution >= 4 is 11.6 Å². The Balaban J connectivity index is 1.83. The lowest BCUT2D eigenvalue weighted by Crippen LogP contribution is -2.21. The van der Waals surface area contributed by atoms with Crippen LogP contribution in [0.3, 0.4) is 0 Å². The number of hydrogen-bond acceptors (Lipinski definition) is 3. The van der Waals surface area contributed by atoms with Crippen LogP contribution in [0.2, 0.25) is 5.15 Å². The summed E-state index contributed by atoms with van der Waals surface area (Å²) in [5.74, 6) is 1.24. The van der Waals surface area contributed by atoms with Gasteiger partial charge >= 0.3 is 0 Å². The highest BCUT2D eigenvalue weighted by Gasteiger charge is 2.27. The second-order valence-electron chi connectivity index (χ2n) is 5.02. The molecule has 0 aliphatic carbocycles. The molecule has 2 atom stereocenters. The number of nitrogens with one attached hydrogen (secondary N) is 1. The van der Waals surface area contributed by atoms with Crippen LogP contribution in [-0.2, 0) is 0 Å². The Kier molecular flexibility index (Phi) is 4.19. The van der Waals surface area contributed by atoms with Gasteiger partial charge in [-0.1, -0.05) is 41.9 Å². The van der Waals surface area contributed by atoms with Gasteiger partial charge in [-0.2, -0.15) is 0 Å². The molecule has 2 heterocycles. The lowest BCUT2D eigenvalue weighted by molar-refractivity contribution is 0.144. The van der Waals surface area contributed by atoms with Gasteiger partial charge in [0.15, 0.2) is 0 Å². The molecule has 1 aliphatic rings. The van der Waals surface area contributed by atoms with Crippen molar-refractivity contribution < 1.29 is 4.74 Å². The Morgan fingerprint density at radius 3 is 2.70 bits per heavy atom. The average Bonchev–Trinajstić information content (AvgIpc) is 3.01. The molecule has 4 heteroatoms. The van der Waals surface area contributed by atoms with E-state index >= 15 is 0 Å². The fourth-order valence-corrected chi connectivity index (χ4v) is 2.70. The van der Waals surface area contributed by atoms with Crippen LogP contribution in [0.1, 0.15) is 18.1 Å². The Morgan fingerprint density at radius 1 is 1.20 bits per heavy atom. The summed E-state index contributed by atoms with van der Waals surface area (Å²) in [4.78, 5) is 4.08. The summed E-state index contributed by atoms with van der Waals surface area (Å²) in [6.07, 6.45) is 2.86. The lowest BCUT2D eigenvalue weighted by atomic mass is 9.95. The highest BCUT2D eigenvalue weighted by atomic mass is 35.5. The fraction of sp³-hybridized carbons (Fsp3) is 0.312. The van der Waals surface area contributed by atoms with Gasteiger partial charge < -0.3 is 10.1 Å². The van der Waals surface area contributed by atoms with E-state index in [0.717, 1.165) is 25.3 Å². The zero-order valence-corrected chi connectivity index (χ0v) is 11.9. The average molecular weight is 289 g/mol. The van der Waals surface area contributed by atoms with Gasteiger partial charge in [-0.05, 0) is 30.7 Å². The minimum Gasteiger partial charge on any atom is -0.484 e. The third-order valence-electron chi connectivity index (χ3n) is 3.62. The van der Waals surface area contributed by atoms with Crippen LogP contribution in [0.15, 0.2) is 48.7 Å². The highest BCUT2D eigenvalue weighted by Crippen LogP contribution is 2.31. The van der Waals surface area contributed by atoms with Gasteiger partial charge in [0, 0.05) is 12.5 Å². The lowest BCUT2D eigenvalue weighted by Gasteiger charge is -2.24. The fourth-order valence-electron chi connectivity index (χ4n) is 2.59. The van der Waals surface area contributed by atoms with Crippen molar-refractivity contribution in [2.75, 3.05) is 13.1 Å². The van der Waals surface area contributed by atoms with Gasteiger partial charge in [-0.15, -0.1) is 0 Å². The van der Waals surface area contributed by atoms with Crippen molar-refractivity contribution in [1.82, 2.24) is 10.3 Å². The second-order valence-corrected chi connectivity index (χ2v) is 5.41. The molecule has 1 aromatic heterocycles. The van der Waals surface area contributed by atoms with Gasteiger partial charge in [0.2, 0.25) is 0 Å². The van der Waals surface area contributed by atoms with Crippen LogP contribution in [0.4, 0.5) is 0 Å². The number of hydrogen-bond donors (Lipinski definition) is 1. The molecule has 0 spiro atoms. The molecule has 3 rings (SSSR count). The van der Waals surface area contributed by atoms with Gasteiger partial charge in [0.25, 0.3) is 0 Å². The van der Waals surface area contributed by atoms with Crippen LogP contribution >= 0.6 is 11.6 Å². The SMILES string of the molecule is Clc1ccc(OC(c2ccccc2)[C@@H]2CCNC2)cn1. The van der Waals surface area contributed by atoms with Crippen LogP contribution in [-0.4, -0.2) is 18.1 Å². The smallest absolute Gasteiger partial charge is 0.138 e. The van der Waals surface area contributed by atoms with E-state index in [2.05, 4.69) is 22.4 Å². The first-order valence-corrected chi connectivity index (χ1v) is 7.24. The van der Waals surface area contributed by atoms with Gasteiger partial charge in [0.05, 0.1) is 6.20 Å². The van der Waals surface area contributed by atoms with Crippen LogP contribution in [0.5, 0.6) is 5.75 Å². The van der Waals surface area contributed by atoms with E-state index in [4.69, 9.17) is 16.3 Å². The molecule has 0 radical (unpaired) electrons. The Bertz CT molecular complexity index is 538. The summed E-state index contributed by atoms with van der Waals surface area (Å²) in [5, 5.41) is 3.88. The molecule has 20 heavy (non-hydrogen) atoms. The first-order valence-electron chi connectivity index (χ1n) is 6.87. The summed E-state index contributed by atoms with van der Waals surface area (Å²) in [5.41, 5.74) is 1.20. The van der Waals surface area contributed by atoms with E-state index in [1.807, 2.05) is 24.3 Å². The zero-order valence-electron chi connectivity index (χ0n) is 11.1. The molecule has 1 fully saturated rings. The summed E-state index contributed by atoms with van der Waals surface area (Å²) < 4.78 is 6.18.